The number of hydrogen-bond donors (Lipinski definition) is 0. The van der Waals surface area contributed by atoms with Gasteiger partial charge in [0.15, 0.2) is 0 Å². The lowest BCUT2D eigenvalue weighted by molar-refractivity contribution is 1.24. The van der Waals surface area contributed by atoms with E-state index in [2.05, 4.69) is 11.1 Å². The summed E-state index contributed by atoms with van der Waals surface area (Å²) in [6.07, 6.45) is 1.79. The molecule has 0 bridgehead atoms. The Kier molecular flexibility index (Phi) is 3.38. The Morgan fingerprint density at radius 2 is 2.27 bits per heavy atom. The first-order valence-corrected chi connectivity index (χ1v) is 6.27. The van der Waals surface area contributed by atoms with Gasteiger partial charge in [0, 0.05) is 17.3 Å². The number of nitrogens with zero attached hydrogens (tertiary/aromatic N) is 2. The average molecular weight is 232 g/mol. The lowest BCUT2D eigenvalue weighted by atomic mass is 10.1. The second kappa shape index (κ2) is 4.96. The molecule has 0 saturated carbocycles. The molecule has 1 heterocycles. The van der Waals surface area contributed by atoms with Crippen LogP contribution in [-0.2, 0) is 5.75 Å². The van der Waals surface area contributed by atoms with Crippen molar-refractivity contribution in [3.05, 3.63) is 47.0 Å². The molecule has 1 aromatic heterocycles. The molecule has 4 heteroatoms. The molecule has 0 aliphatic heterocycles. The van der Waals surface area contributed by atoms with Gasteiger partial charge in [0.1, 0.15) is 4.34 Å². The fourth-order valence-electron chi connectivity index (χ4n) is 1.18. The Labute approximate surface area is 96.6 Å². The second-order valence-electron chi connectivity index (χ2n) is 2.86. The fourth-order valence-corrected chi connectivity index (χ4v) is 2.82. The van der Waals surface area contributed by atoms with E-state index in [-0.39, 0.29) is 0 Å². The molecule has 2 nitrogen and oxygen atoms in total. The summed E-state index contributed by atoms with van der Waals surface area (Å²) in [5.41, 5.74) is 1.82. The first kappa shape index (κ1) is 10.2. The van der Waals surface area contributed by atoms with Crippen molar-refractivity contribution < 1.29 is 0 Å². The summed E-state index contributed by atoms with van der Waals surface area (Å²) in [7, 11) is 0. The van der Waals surface area contributed by atoms with Crippen molar-refractivity contribution in [3.63, 3.8) is 0 Å². The van der Waals surface area contributed by atoms with Crippen molar-refractivity contribution in [2.24, 2.45) is 0 Å². The lowest BCUT2D eigenvalue weighted by Crippen LogP contribution is -1.85. The predicted molar refractivity (Wildman–Crippen MR) is 62.8 cm³/mol. The van der Waals surface area contributed by atoms with Crippen molar-refractivity contribution in [2.45, 2.75) is 10.1 Å². The number of nitriles is 1. The number of rotatable bonds is 3. The highest BCUT2D eigenvalue weighted by Gasteiger charge is 2.02. The van der Waals surface area contributed by atoms with E-state index in [1.165, 1.54) is 0 Å². The number of thiazole rings is 1. The van der Waals surface area contributed by atoms with E-state index < -0.39 is 0 Å². The van der Waals surface area contributed by atoms with Crippen molar-refractivity contribution in [1.82, 2.24) is 4.98 Å². The van der Waals surface area contributed by atoms with Crippen LogP contribution in [-0.4, -0.2) is 4.98 Å². The van der Waals surface area contributed by atoms with E-state index in [4.69, 9.17) is 5.26 Å². The van der Waals surface area contributed by atoms with Gasteiger partial charge < -0.3 is 0 Å². The predicted octanol–water partition coefficient (Wildman–Crippen LogP) is 3.31. The molecule has 74 valence electrons. The molecule has 0 N–H and O–H groups in total. The van der Waals surface area contributed by atoms with Gasteiger partial charge in [-0.25, -0.2) is 4.98 Å². The highest BCUT2D eigenvalue weighted by Crippen LogP contribution is 2.25. The Balaban J connectivity index is 2.08. The van der Waals surface area contributed by atoms with Crippen molar-refractivity contribution >= 4 is 23.1 Å². The third-order valence-corrected chi connectivity index (χ3v) is 3.91. The highest BCUT2D eigenvalue weighted by molar-refractivity contribution is 8.00. The maximum absolute atomic E-state index is 8.90. The molecule has 0 aliphatic carbocycles. The standard InChI is InChI=1S/C11H8N2S2/c12-7-9-3-1-2-4-10(9)8-15-11-13-5-6-14-11/h1-6H,8H2. The molecule has 0 spiro atoms. The van der Waals surface area contributed by atoms with Crippen LogP contribution in [0.15, 0.2) is 40.2 Å². The van der Waals surface area contributed by atoms with Crippen molar-refractivity contribution in [3.8, 4) is 6.07 Å². The molecule has 15 heavy (non-hydrogen) atoms. The smallest absolute Gasteiger partial charge is 0.150 e. The fraction of sp³-hybridized carbons (Fsp3) is 0.0909. The molecule has 0 radical (unpaired) electrons. The number of aromatic nitrogens is 1. The van der Waals surface area contributed by atoms with E-state index in [1.54, 1.807) is 29.3 Å². The van der Waals surface area contributed by atoms with Gasteiger partial charge in [0.2, 0.25) is 0 Å². The summed E-state index contributed by atoms with van der Waals surface area (Å²) in [4.78, 5) is 4.19. The summed E-state index contributed by atoms with van der Waals surface area (Å²) in [6.45, 7) is 0. The minimum atomic E-state index is 0.751. The van der Waals surface area contributed by atoms with Gasteiger partial charge >= 0.3 is 0 Å². The normalized spacial score (nSPS) is 9.80. The maximum Gasteiger partial charge on any atom is 0.150 e. The summed E-state index contributed by atoms with van der Waals surface area (Å²) in [5, 5.41) is 10.9. The van der Waals surface area contributed by atoms with E-state index in [1.807, 2.05) is 29.6 Å². The van der Waals surface area contributed by atoms with E-state index in [0.717, 1.165) is 21.2 Å². The van der Waals surface area contributed by atoms with Gasteiger partial charge in [-0.15, -0.1) is 11.3 Å². The van der Waals surface area contributed by atoms with Crippen LogP contribution in [0.5, 0.6) is 0 Å². The summed E-state index contributed by atoms with van der Waals surface area (Å²) in [5.74, 6) is 0.803. The van der Waals surface area contributed by atoms with Crippen LogP contribution in [0, 0.1) is 11.3 Å². The van der Waals surface area contributed by atoms with Crippen LogP contribution in [0.25, 0.3) is 0 Å². The first-order chi connectivity index (χ1) is 7.40. The van der Waals surface area contributed by atoms with Gasteiger partial charge in [0.25, 0.3) is 0 Å². The van der Waals surface area contributed by atoms with Crippen molar-refractivity contribution in [1.29, 1.82) is 5.26 Å². The molecule has 1 aromatic carbocycles. The quantitative estimate of drug-likeness (QED) is 0.762. The SMILES string of the molecule is N#Cc1ccccc1CSc1nccs1. The molecule has 0 unspecified atom stereocenters. The van der Waals surface area contributed by atoms with E-state index >= 15 is 0 Å². The monoisotopic (exact) mass is 232 g/mol. The molecule has 2 aromatic rings. The maximum atomic E-state index is 8.90. The molecule has 0 aliphatic rings. The van der Waals surface area contributed by atoms with Crippen LogP contribution in [0.4, 0.5) is 0 Å². The highest BCUT2D eigenvalue weighted by atomic mass is 32.2. The summed E-state index contributed by atoms with van der Waals surface area (Å²) in [6, 6.07) is 9.87. The van der Waals surface area contributed by atoms with Gasteiger partial charge in [0.05, 0.1) is 11.6 Å². The van der Waals surface area contributed by atoms with Gasteiger partial charge in [-0.2, -0.15) is 5.26 Å². The molecular formula is C11H8N2S2. The zero-order chi connectivity index (χ0) is 10.5. The van der Waals surface area contributed by atoms with Gasteiger partial charge in [-0.3, -0.25) is 0 Å². The minimum absolute atomic E-state index is 0.751. The third-order valence-electron chi connectivity index (χ3n) is 1.90. The third kappa shape index (κ3) is 2.58. The molecule has 0 atom stereocenters. The summed E-state index contributed by atoms with van der Waals surface area (Å²) >= 11 is 3.29. The molecule has 0 saturated heterocycles. The minimum Gasteiger partial charge on any atom is -0.238 e. The molecule has 2 rings (SSSR count). The zero-order valence-electron chi connectivity index (χ0n) is 7.88. The molecular weight excluding hydrogens is 224 g/mol. The van der Waals surface area contributed by atoms with E-state index in [0.29, 0.717) is 0 Å². The number of hydrogen-bond acceptors (Lipinski definition) is 4. The Hall–Kier alpha value is -1.31. The average Bonchev–Trinajstić information content (AvgIpc) is 2.79. The Morgan fingerprint density at radius 3 is 3.00 bits per heavy atom. The van der Waals surface area contributed by atoms with Crippen molar-refractivity contribution in [2.75, 3.05) is 0 Å². The largest absolute Gasteiger partial charge is 0.238 e. The van der Waals surface area contributed by atoms with Crippen LogP contribution >= 0.6 is 23.1 Å². The molecule has 0 fully saturated rings. The second-order valence-corrected chi connectivity index (χ2v) is 4.97. The zero-order valence-corrected chi connectivity index (χ0v) is 9.52. The number of thioether (sulfide) groups is 1. The van der Waals surface area contributed by atoms with Crippen LogP contribution in [0.2, 0.25) is 0 Å². The Morgan fingerprint density at radius 1 is 1.40 bits per heavy atom. The van der Waals surface area contributed by atoms with E-state index in [9.17, 15) is 0 Å². The summed E-state index contributed by atoms with van der Waals surface area (Å²) < 4.78 is 1.04. The first-order valence-electron chi connectivity index (χ1n) is 4.40. The lowest BCUT2D eigenvalue weighted by Gasteiger charge is -2.00. The van der Waals surface area contributed by atoms with Gasteiger partial charge in [-0.05, 0) is 11.6 Å². The van der Waals surface area contributed by atoms with Gasteiger partial charge in [-0.1, -0.05) is 30.0 Å². The molecule has 0 amide bonds. The topological polar surface area (TPSA) is 36.7 Å². The number of benzene rings is 1. The van der Waals surface area contributed by atoms with Crippen LogP contribution in [0.1, 0.15) is 11.1 Å². The van der Waals surface area contributed by atoms with Crippen LogP contribution < -0.4 is 0 Å². The van der Waals surface area contributed by atoms with Crippen LogP contribution in [0.3, 0.4) is 0 Å². The Bertz CT molecular complexity index is 472.